The molecule has 1 heterocycles. The van der Waals surface area contributed by atoms with Crippen molar-refractivity contribution in [2.45, 2.75) is 31.4 Å². The summed E-state index contributed by atoms with van der Waals surface area (Å²) in [7, 11) is 0. The van der Waals surface area contributed by atoms with Gasteiger partial charge in [-0.2, -0.15) is 0 Å². The van der Waals surface area contributed by atoms with Gasteiger partial charge in [-0.25, -0.2) is 4.98 Å². The van der Waals surface area contributed by atoms with E-state index in [9.17, 15) is 4.79 Å². The van der Waals surface area contributed by atoms with Crippen LogP contribution in [-0.2, 0) is 10.5 Å². The van der Waals surface area contributed by atoms with E-state index in [1.807, 2.05) is 17.5 Å². The van der Waals surface area contributed by atoms with Gasteiger partial charge in [-0.15, -0.1) is 23.1 Å². The summed E-state index contributed by atoms with van der Waals surface area (Å²) in [6, 6.07) is 13.7. The van der Waals surface area contributed by atoms with Gasteiger partial charge in [-0.3, -0.25) is 9.69 Å². The normalized spacial score (nSPS) is 10.8. The zero-order chi connectivity index (χ0) is 18.7. The summed E-state index contributed by atoms with van der Waals surface area (Å²) in [6.07, 6.45) is 0. The number of thiazole rings is 1. The molecule has 0 aliphatic carbocycles. The van der Waals surface area contributed by atoms with E-state index < -0.39 is 0 Å². The molecular weight excluding hydrogens is 384 g/mol. The zero-order valence-electron chi connectivity index (χ0n) is 14.8. The number of nitrogens with zero attached hydrogens (tertiary/aromatic N) is 2. The van der Waals surface area contributed by atoms with Crippen LogP contribution in [0.4, 0.5) is 10.8 Å². The quantitative estimate of drug-likeness (QED) is 0.463. The second-order valence-electron chi connectivity index (χ2n) is 6.01. The predicted molar refractivity (Wildman–Crippen MR) is 112 cm³/mol. The summed E-state index contributed by atoms with van der Waals surface area (Å²) in [4.78, 5) is 19.7. The first-order chi connectivity index (χ1) is 12.4. The molecule has 0 unspecified atom stereocenters. The number of aryl methyl sites for hydroxylation is 2. The average Bonchev–Trinajstić information content (AvgIpc) is 3.04. The SMILES string of the molecule is CC(=O)N(c1cccc(Cl)c1)c1nc(CSc2cc(C)ccc2C)cs1. The van der Waals surface area contributed by atoms with Gasteiger partial charge in [0, 0.05) is 28.0 Å². The molecule has 0 saturated heterocycles. The summed E-state index contributed by atoms with van der Waals surface area (Å²) in [5.41, 5.74) is 4.21. The van der Waals surface area contributed by atoms with Crippen LogP contribution in [-0.4, -0.2) is 10.9 Å². The molecule has 6 heteroatoms. The first-order valence-electron chi connectivity index (χ1n) is 8.15. The van der Waals surface area contributed by atoms with Crippen LogP contribution in [0.15, 0.2) is 52.7 Å². The van der Waals surface area contributed by atoms with Gasteiger partial charge in [-0.1, -0.05) is 35.4 Å². The van der Waals surface area contributed by atoms with Crippen LogP contribution in [0.1, 0.15) is 23.7 Å². The number of hydrogen-bond acceptors (Lipinski definition) is 4. The summed E-state index contributed by atoms with van der Waals surface area (Å²) >= 11 is 9.31. The van der Waals surface area contributed by atoms with Crippen molar-refractivity contribution in [2.75, 3.05) is 4.90 Å². The maximum Gasteiger partial charge on any atom is 0.230 e. The molecule has 0 radical (unpaired) electrons. The Bertz CT molecular complexity index is 939. The second kappa shape index (κ2) is 8.25. The van der Waals surface area contributed by atoms with Gasteiger partial charge in [0.2, 0.25) is 5.91 Å². The molecule has 0 N–H and O–H groups in total. The van der Waals surface area contributed by atoms with E-state index in [0.29, 0.717) is 10.2 Å². The van der Waals surface area contributed by atoms with E-state index >= 15 is 0 Å². The number of rotatable bonds is 5. The minimum Gasteiger partial charge on any atom is -0.274 e. The number of carbonyl (C=O) groups is 1. The van der Waals surface area contributed by atoms with E-state index in [1.165, 1.54) is 34.3 Å². The Balaban J connectivity index is 1.79. The Morgan fingerprint density at radius 1 is 1.23 bits per heavy atom. The Hall–Kier alpha value is -1.82. The minimum absolute atomic E-state index is 0.0876. The van der Waals surface area contributed by atoms with E-state index in [1.54, 1.807) is 28.8 Å². The first kappa shape index (κ1) is 19.0. The number of aromatic nitrogens is 1. The molecule has 2 aromatic carbocycles. The van der Waals surface area contributed by atoms with Crippen LogP contribution in [0.3, 0.4) is 0 Å². The summed E-state index contributed by atoms with van der Waals surface area (Å²) in [6.45, 7) is 5.75. The highest BCUT2D eigenvalue weighted by atomic mass is 35.5. The molecule has 0 aliphatic heterocycles. The van der Waals surface area contributed by atoms with Crippen molar-refractivity contribution < 1.29 is 4.79 Å². The van der Waals surface area contributed by atoms with Gasteiger partial charge in [0.25, 0.3) is 0 Å². The van der Waals surface area contributed by atoms with Gasteiger partial charge < -0.3 is 0 Å². The lowest BCUT2D eigenvalue weighted by molar-refractivity contribution is -0.115. The lowest BCUT2D eigenvalue weighted by Crippen LogP contribution is -2.22. The highest BCUT2D eigenvalue weighted by molar-refractivity contribution is 7.98. The van der Waals surface area contributed by atoms with Crippen LogP contribution in [0.5, 0.6) is 0 Å². The lowest BCUT2D eigenvalue weighted by atomic mass is 10.2. The molecule has 0 bridgehead atoms. The van der Waals surface area contributed by atoms with Crippen molar-refractivity contribution in [1.29, 1.82) is 0 Å². The number of carbonyl (C=O) groups excluding carboxylic acids is 1. The fourth-order valence-corrected chi connectivity index (χ4v) is 4.71. The van der Waals surface area contributed by atoms with Crippen LogP contribution >= 0.6 is 34.7 Å². The molecule has 0 spiro atoms. The van der Waals surface area contributed by atoms with Crippen molar-refractivity contribution in [2.24, 2.45) is 0 Å². The van der Waals surface area contributed by atoms with Crippen LogP contribution < -0.4 is 4.90 Å². The Morgan fingerprint density at radius 2 is 2.04 bits per heavy atom. The Morgan fingerprint density at radius 3 is 2.77 bits per heavy atom. The molecule has 3 nitrogen and oxygen atoms in total. The van der Waals surface area contributed by atoms with Crippen molar-refractivity contribution in [1.82, 2.24) is 4.98 Å². The van der Waals surface area contributed by atoms with Gasteiger partial charge in [0.15, 0.2) is 5.13 Å². The smallest absolute Gasteiger partial charge is 0.230 e. The highest BCUT2D eigenvalue weighted by Gasteiger charge is 2.18. The molecule has 0 atom stereocenters. The van der Waals surface area contributed by atoms with E-state index in [0.717, 1.165) is 17.1 Å². The molecule has 1 amide bonds. The molecule has 0 aliphatic rings. The number of halogens is 1. The van der Waals surface area contributed by atoms with Crippen molar-refractivity contribution in [3.05, 3.63) is 69.7 Å². The molecule has 134 valence electrons. The molecule has 3 rings (SSSR count). The second-order valence-corrected chi connectivity index (χ2v) is 8.30. The third-order valence-corrected chi connectivity index (χ3v) is 6.13. The van der Waals surface area contributed by atoms with Crippen LogP contribution in [0, 0.1) is 13.8 Å². The molecule has 0 saturated carbocycles. The fraction of sp³-hybridized carbons (Fsp3) is 0.200. The van der Waals surface area contributed by atoms with E-state index in [2.05, 4.69) is 37.0 Å². The zero-order valence-corrected chi connectivity index (χ0v) is 17.2. The molecule has 0 fully saturated rings. The highest BCUT2D eigenvalue weighted by Crippen LogP contribution is 2.33. The van der Waals surface area contributed by atoms with Gasteiger partial charge in [-0.05, 0) is 43.7 Å². The van der Waals surface area contributed by atoms with Crippen molar-refractivity contribution in [3.63, 3.8) is 0 Å². The van der Waals surface area contributed by atoms with Gasteiger partial charge >= 0.3 is 0 Å². The fourth-order valence-electron chi connectivity index (χ4n) is 2.52. The third kappa shape index (κ3) is 4.47. The first-order valence-corrected chi connectivity index (χ1v) is 10.4. The Labute approximate surface area is 167 Å². The third-order valence-electron chi connectivity index (χ3n) is 3.83. The minimum atomic E-state index is -0.0876. The topological polar surface area (TPSA) is 33.2 Å². The van der Waals surface area contributed by atoms with Crippen LogP contribution in [0.25, 0.3) is 0 Å². The maximum atomic E-state index is 12.2. The monoisotopic (exact) mass is 402 g/mol. The van der Waals surface area contributed by atoms with Crippen LogP contribution in [0.2, 0.25) is 5.02 Å². The summed E-state index contributed by atoms with van der Waals surface area (Å²) in [5.74, 6) is 0.678. The van der Waals surface area contributed by atoms with Gasteiger partial charge in [0.1, 0.15) is 0 Å². The largest absolute Gasteiger partial charge is 0.274 e. The average molecular weight is 403 g/mol. The standard InChI is InChI=1S/C20H19ClN2OS2/c1-13-7-8-14(2)19(9-13)25-11-17-12-26-20(22-17)23(15(3)24)18-6-4-5-16(21)10-18/h4-10,12H,11H2,1-3H3. The number of anilines is 2. The molecule has 3 aromatic rings. The summed E-state index contributed by atoms with van der Waals surface area (Å²) < 4.78 is 0. The predicted octanol–water partition coefficient (Wildman–Crippen LogP) is 6.39. The number of hydrogen-bond donors (Lipinski definition) is 0. The number of amides is 1. The summed E-state index contributed by atoms with van der Waals surface area (Å²) in [5, 5.41) is 3.26. The van der Waals surface area contributed by atoms with Crippen molar-refractivity contribution in [3.8, 4) is 0 Å². The molecular formula is C20H19ClN2OS2. The van der Waals surface area contributed by atoms with Crippen molar-refractivity contribution >= 4 is 51.4 Å². The number of thioether (sulfide) groups is 1. The Kier molecular flexibility index (Phi) is 6.01. The van der Waals surface area contributed by atoms with Gasteiger partial charge in [0.05, 0.1) is 11.4 Å². The maximum absolute atomic E-state index is 12.2. The van der Waals surface area contributed by atoms with E-state index in [-0.39, 0.29) is 5.91 Å². The number of benzene rings is 2. The van der Waals surface area contributed by atoms with E-state index in [4.69, 9.17) is 11.6 Å². The molecule has 26 heavy (non-hydrogen) atoms. The lowest BCUT2D eigenvalue weighted by Gasteiger charge is -2.18. The molecule has 1 aromatic heterocycles.